The lowest BCUT2D eigenvalue weighted by Crippen LogP contribution is -2.46. The second-order valence-corrected chi connectivity index (χ2v) is 5.51. The second-order valence-electron chi connectivity index (χ2n) is 5.08. The molecule has 1 unspecified atom stereocenters. The van der Waals surface area contributed by atoms with Crippen molar-refractivity contribution < 1.29 is 4.79 Å². The van der Waals surface area contributed by atoms with E-state index in [4.69, 9.17) is 17.3 Å². The predicted molar refractivity (Wildman–Crippen MR) is 76.1 cm³/mol. The van der Waals surface area contributed by atoms with E-state index >= 15 is 0 Å². The fourth-order valence-corrected chi connectivity index (χ4v) is 2.77. The number of hydrogen-bond donors (Lipinski definition) is 2. The summed E-state index contributed by atoms with van der Waals surface area (Å²) in [5, 5.41) is 3.53. The van der Waals surface area contributed by atoms with Crippen molar-refractivity contribution in [3.05, 3.63) is 29.0 Å². The molecule has 1 amide bonds. The molecule has 1 atom stereocenters. The molecule has 5 heteroatoms. The molecule has 1 fully saturated rings. The maximum absolute atomic E-state index is 12.1. The van der Waals surface area contributed by atoms with E-state index in [1.165, 1.54) is 25.5 Å². The highest BCUT2D eigenvalue weighted by Crippen LogP contribution is 2.26. The highest BCUT2D eigenvalue weighted by atomic mass is 35.5. The number of carbonyl (C=O) groups excluding carboxylic acids is 1. The van der Waals surface area contributed by atoms with Crippen LogP contribution in [-0.2, 0) is 0 Å². The van der Waals surface area contributed by atoms with Crippen LogP contribution >= 0.6 is 11.6 Å². The molecule has 0 bridgehead atoms. The van der Waals surface area contributed by atoms with Crippen LogP contribution in [-0.4, -0.2) is 23.5 Å². The van der Waals surface area contributed by atoms with Gasteiger partial charge >= 0.3 is 0 Å². The van der Waals surface area contributed by atoms with Gasteiger partial charge in [0.25, 0.3) is 5.91 Å². The second kappa shape index (κ2) is 6.87. The van der Waals surface area contributed by atoms with E-state index in [-0.39, 0.29) is 11.9 Å². The number of halogens is 1. The third-order valence-corrected chi connectivity index (χ3v) is 3.97. The Morgan fingerprint density at radius 2 is 2.16 bits per heavy atom. The minimum absolute atomic E-state index is 0.0466. The van der Waals surface area contributed by atoms with Gasteiger partial charge in [-0.25, -0.2) is 4.98 Å². The van der Waals surface area contributed by atoms with Crippen molar-refractivity contribution in [3.8, 4) is 0 Å². The largest absolute Gasteiger partial charge is 0.346 e. The minimum atomic E-state index is -0.169. The first-order chi connectivity index (χ1) is 9.20. The van der Waals surface area contributed by atoms with Gasteiger partial charge in [-0.1, -0.05) is 30.9 Å². The lowest BCUT2D eigenvalue weighted by Gasteiger charge is -2.29. The molecule has 3 N–H and O–H groups in total. The maximum Gasteiger partial charge on any atom is 0.270 e. The molecule has 19 heavy (non-hydrogen) atoms. The Hall–Kier alpha value is -1.13. The van der Waals surface area contributed by atoms with Crippen molar-refractivity contribution in [1.82, 2.24) is 10.3 Å². The molecule has 1 saturated carbocycles. The summed E-state index contributed by atoms with van der Waals surface area (Å²) >= 11 is 5.76. The molecule has 0 radical (unpaired) electrons. The van der Waals surface area contributed by atoms with E-state index < -0.39 is 0 Å². The molecule has 1 aromatic rings. The SMILES string of the molecule is NCC(NC(=O)c1ccc(Cl)cn1)C1CCCCC1. The van der Waals surface area contributed by atoms with E-state index in [1.54, 1.807) is 12.1 Å². The minimum Gasteiger partial charge on any atom is -0.346 e. The summed E-state index contributed by atoms with van der Waals surface area (Å²) in [5.74, 6) is 0.327. The summed E-state index contributed by atoms with van der Waals surface area (Å²) in [6.07, 6.45) is 7.54. The molecule has 1 aliphatic rings. The van der Waals surface area contributed by atoms with Crippen LogP contribution in [0.4, 0.5) is 0 Å². The summed E-state index contributed by atoms with van der Waals surface area (Å²) in [6.45, 7) is 0.476. The first-order valence-corrected chi connectivity index (χ1v) is 7.21. The topological polar surface area (TPSA) is 68.0 Å². The number of nitrogens with one attached hydrogen (secondary N) is 1. The Bertz CT molecular complexity index is 415. The van der Waals surface area contributed by atoms with Gasteiger partial charge in [-0.3, -0.25) is 4.79 Å². The number of nitrogens with zero attached hydrogens (tertiary/aromatic N) is 1. The fourth-order valence-electron chi connectivity index (χ4n) is 2.66. The standard InChI is InChI=1S/C14H20ClN3O/c15-11-6-7-12(17-9-11)14(19)18-13(8-16)10-4-2-1-3-5-10/h6-7,9-10,13H,1-5,8,16H2,(H,18,19). The van der Waals surface area contributed by atoms with Gasteiger partial charge in [0.05, 0.1) is 5.02 Å². The molecule has 2 rings (SSSR count). The Labute approximate surface area is 118 Å². The summed E-state index contributed by atoms with van der Waals surface area (Å²) in [5.41, 5.74) is 6.19. The van der Waals surface area contributed by atoms with E-state index in [2.05, 4.69) is 10.3 Å². The van der Waals surface area contributed by atoms with Crippen LogP contribution in [0.25, 0.3) is 0 Å². The molecule has 1 heterocycles. The molecule has 0 saturated heterocycles. The van der Waals surface area contributed by atoms with Gasteiger partial charge in [0, 0.05) is 18.8 Å². The number of pyridine rings is 1. The summed E-state index contributed by atoms with van der Waals surface area (Å²) in [4.78, 5) is 16.1. The summed E-state index contributed by atoms with van der Waals surface area (Å²) in [7, 11) is 0. The third-order valence-electron chi connectivity index (χ3n) is 3.75. The van der Waals surface area contributed by atoms with Gasteiger partial charge in [0.1, 0.15) is 5.69 Å². The quantitative estimate of drug-likeness (QED) is 0.890. The zero-order valence-corrected chi connectivity index (χ0v) is 11.7. The lowest BCUT2D eigenvalue weighted by molar-refractivity contribution is 0.0910. The lowest BCUT2D eigenvalue weighted by atomic mass is 9.84. The van der Waals surface area contributed by atoms with Crippen molar-refractivity contribution in [3.63, 3.8) is 0 Å². The van der Waals surface area contributed by atoms with Gasteiger partial charge in [-0.2, -0.15) is 0 Å². The van der Waals surface area contributed by atoms with E-state index in [9.17, 15) is 4.79 Å². The Kier molecular flexibility index (Phi) is 5.16. The van der Waals surface area contributed by atoms with Crippen molar-refractivity contribution in [2.24, 2.45) is 11.7 Å². The average molecular weight is 282 g/mol. The van der Waals surface area contributed by atoms with Crippen LogP contribution in [0.2, 0.25) is 5.02 Å². The molecular formula is C14H20ClN3O. The molecular weight excluding hydrogens is 262 g/mol. The van der Waals surface area contributed by atoms with Crippen LogP contribution < -0.4 is 11.1 Å². The van der Waals surface area contributed by atoms with Crippen molar-refractivity contribution in [2.75, 3.05) is 6.54 Å². The monoisotopic (exact) mass is 281 g/mol. The Balaban J connectivity index is 1.97. The number of amides is 1. The fraction of sp³-hybridized carbons (Fsp3) is 0.571. The first-order valence-electron chi connectivity index (χ1n) is 6.83. The highest BCUT2D eigenvalue weighted by molar-refractivity contribution is 6.30. The van der Waals surface area contributed by atoms with Crippen LogP contribution in [0.15, 0.2) is 18.3 Å². The van der Waals surface area contributed by atoms with Crippen LogP contribution in [0.3, 0.4) is 0 Å². The van der Waals surface area contributed by atoms with Gasteiger partial charge in [0.2, 0.25) is 0 Å². The van der Waals surface area contributed by atoms with Gasteiger partial charge in [0.15, 0.2) is 0 Å². The maximum atomic E-state index is 12.1. The van der Waals surface area contributed by atoms with Crippen LogP contribution in [0.1, 0.15) is 42.6 Å². The van der Waals surface area contributed by atoms with E-state index in [1.807, 2.05) is 0 Å². The molecule has 0 aliphatic heterocycles. The molecule has 1 aliphatic carbocycles. The van der Waals surface area contributed by atoms with E-state index in [0.717, 1.165) is 12.8 Å². The Morgan fingerprint density at radius 3 is 2.74 bits per heavy atom. The number of rotatable bonds is 4. The molecule has 4 nitrogen and oxygen atoms in total. The number of hydrogen-bond acceptors (Lipinski definition) is 3. The normalized spacial score (nSPS) is 18.0. The summed E-state index contributed by atoms with van der Waals surface area (Å²) in [6, 6.07) is 3.35. The van der Waals surface area contributed by atoms with Crippen molar-refractivity contribution in [1.29, 1.82) is 0 Å². The van der Waals surface area contributed by atoms with Gasteiger partial charge in [-0.15, -0.1) is 0 Å². The van der Waals surface area contributed by atoms with Gasteiger partial charge in [-0.05, 0) is 30.9 Å². The molecule has 104 valence electrons. The predicted octanol–water partition coefficient (Wildman–Crippen LogP) is 2.37. The highest BCUT2D eigenvalue weighted by Gasteiger charge is 2.24. The van der Waals surface area contributed by atoms with Gasteiger partial charge < -0.3 is 11.1 Å². The zero-order valence-electron chi connectivity index (χ0n) is 10.9. The van der Waals surface area contributed by atoms with Crippen molar-refractivity contribution >= 4 is 17.5 Å². The number of nitrogens with two attached hydrogens (primary N) is 1. The summed E-state index contributed by atoms with van der Waals surface area (Å²) < 4.78 is 0. The molecule has 1 aromatic heterocycles. The number of carbonyl (C=O) groups is 1. The molecule has 0 aromatic carbocycles. The van der Waals surface area contributed by atoms with Crippen LogP contribution in [0.5, 0.6) is 0 Å². The average Bonchev–Trinajstić information content (AvgIpc) is 2.46. The first kappa shape index (κ1) is 14.3. The van der Waals surface area contributed by atoms with Crippen LogP contribution in [0, 0.1) is 5.92 Å². The molecule has 0 spiro atoms. The van der Waals surface area contributed by atoms with Crippen molar-refractivity contribution in [2.45, 2.75) is 38.1 Å². The smallest absolute Gasteiger partial charge is 0.270 e. The van der Waals surface area contributed by atoms with E-state index in [0.29, 0.717) is 23.2 Å². The Morgan fingerprint density at radius 1 is 1.42 bits per heavy atom. The zero-order chi connectivity index (χ0) is 13.7. The third kappa shape index (κ3) is 3.91. The number of aromatic nitrogens is 1.